The molecule has 2 unspecified atom stereocenters. The molecule has 4 nitrogen and oxygen atoms in total. The molecule has 1 aromatic heterocycles. The van der Waals surface area contributed by atoms with E-state index in [4.69, 9.17) is 0 Å². The van der Waals surface area contributed by atoms with E-state index in [-0.39, 0.29) is 5.56 Å². The summed E-state index contributed by atoms with van der Waals surface area (Å²) < 4.78 is 27.0. The van der Waals surface area contributed by atoms with Crippen LogP contribution in [-0.2, 0) is 0 Å². The van der Waals surface area contributed by atoms with Crippen molar-refractivity contribution in [2.75, 3.05) is 0 Å². The number of halogens is 2. The summed E-state index contributed by atoms with van der Waals surface area (Å²) in [6.07, 6.45) is 1.65. The van der Waals surface area contributed by atoms with Crippen molar-refractivity contribution in [1.82, 2.24) is 15.6 Å². The number of pyridine rings is 1. The topological polar surface area (TPSA) is 54.0 Å². The Balaban J connectivity index is 1.77. The zero-order valence-corrected chi connectivity index (χ0v) is 14.7. The van der Waals surface area contributed by atoms with E-state index in [9.17, 15) is 13.6 Å². The second-order valence-electron chi connectivity index (χ2n) is 6.10. The number of benzene rings is 2. The lowest BCUT2D eigenvalue weighted by Crippen LogP contribution is -2.40. The summed E-state index contributed by atoms with van der Waals surface area (Å²) in [5.74, 6) is -1.36. The van der Waals surface area contributed by atoms with Crippen molar-refractivity contribution in [3.05, 3.63) is 101 Å². The molecule has 0 spiro atoms. The first-order chi connectivity index (χ1) is 13.0. The van der Waals surface area contributed by atoms with Crippen LogP contribution >= 0.6 is 0 Å². The van der Waals surface area contributed by atoms with Crippen molar-refractivity contribution < 1.29 is 13.6 Å². The molecule has 0 saturated heterocycles. The van der Waals surface area contributed by atoms with Gasteiger partial charge in [-0.15, -0.1) is 0 Å². The predicted octanol–water partition coefficient (Wildman–Crippen LogP) is 4.51. The van der Waals surface area contributed by atoms with Crippen molar-refractivity contribution in [2.24, 2.45) is 0 Å². The summed E-state index contributed by atoms with van der Waals surface area (Å²) in [7, 11) is 0. The van der Waals surface area contributed by atoms with Crippen LogP contribution in [0.4, 0.5) is 13.6 Å². The van der Waals surface area contributed by atoms with Crippen LogP contribution in [0.25, 0.3) is 0 Å². The first kappa shape index (κ1) is 18.5. The average molecular weight is 367 g/mol. The first-order valence-electron chi connectivity index (χ1n) is 8.52. The Hall–Kier alpha value is -3.28. The molecule has 3 rings (SSSR count). The molecular formula is C21H19F2N3O. The summed E-state index contributed by atoms with van der Waals surface area (Å²) in [6, 6.07) is 16.6. The largest absolute Gasteiger partial charge is 0.332 e. The Morgan fingerprint density at radius 3 is 2.37 bits per heavy atom. The quantitative estimate of drug-likeness (QED) is 0.697. The molecule has 27 heavy (non-hydrogen) atoms. The van der Waals surface area contributed by atoms with Crippen molar-refractivity contribution in [2.45, 2.75) is 19.0 Å². The fraction of sp³-hybridized carbons (Fsp3) is 0.143. The van der Waals surface area contributed by atoms with Gasteiger partial charge in [-0.1, -0.05) is 42.5 Å². The molecule has 0 aliphatic carbocycles. The average Bonchev–Trinajstić information content (AvgIpc) is 2.67. The van der Waals surface area contributed by atoms with Gasteiger partial charge in [-0.05, 0) is 30.7 Å². The molecule has 0 bridgehead atoms. The molecule has 1 heterocycles. The van der Waals surface area contributed by atoms with Gasteiger partial charge in [-0.2, -0.15) is 0 Å². The lowest BCUT2D eigenvalue weighted by molar-refractivity contribution is 0.235. The highest BCUT2D eigenvalue weighted by atomic mass is 19.1. The molecule has 2 amide bonds. The number of carbonyl (C=O) groups is 1. The summed E-state index contributed by atoms with van der Waals surface area (Å²) in [6.45, 7) is 1.63. The van der Waals surface area contributed by atoms with Gasteiger partial charge in [0.15, 0.2) is 0 Å². The second-order valence-corrected chi connectivity index (χ2v) is 6.10. The number of carbonyl (C=O) groups excluding carboxylic acids is 1. The van der Waals surface area contributed by atoms with Crippen LogP contribution in [0.2, 0.25) is 0 Å². The Bertz CT molecular complexity index is 864. The summed E-state index contributed by atoms with van der Waals surface area (Å²) in [4.78, 5) is 16.8. The maximum atomic E-state index is 13.9. The van der Waals surface area contributed by atoms with Gasteiger partial charge < -0.3 is 10.6 Å². The number of hydrogen-bond donors (Lipinski definition) is 2. The highest BCUT2D eigenvalue weighted by molar-refractivity contribution is 5.75. The number of aromatic nitrogens is 1. The van der Waals surface area contributed by atoms with E-state index in [0.29, 0.717) is 5.69 Å². The van der Waals surface area contributed by atoms with Crippen LogP contribution in [0.15, 0.2) is 72.9 Å². The zero-order chi connectivity index (χ0) is 19.2. The SMILES string of the molecule is CC(NC(=O)NC(c1ccccc1)c1ccccn1)c1ccc(F)cc1F. The van der Waals surface area contributed by atoms with Crippen LogP contribution < -0.4 is 10.6 Å². The molecule has 2 aromatic carbocycles. The lowest BCUT2D eigenvalue weighted by Gasteiger charge is -2.21. The Labute approximate surface area is 156 Å². The summed E-state index contributed by atoms with van der Waals surface area (Å²) in [5, 5.41) is 5.56. The highest BCUT2D eigenvalue weighted by Crippen LogP contribution is 2.21. The Morgan fingerprint density at radius 1 is 0.963 bits per heavy atom. The molecular weight excluding hydrogens is 348 g/mol. The third kappa shape index (κ3) is 4.67. The third-order valence-electron chi connectivity index (χ3n) is 4.17. The van der Waals surface area contributed by atoms with Crippen LogP contribution in [-0.4, -0.2) is 11.0 Å². The molecule has 0 aliphatic heterocycles. The van der Waals surface area contributed by atoms with Crippen LogP contribution in [0.5, 0.6) is 0 Å². The van der Waals surface area contributed by atoms with Crippen molar-refractivity contribution in [3.8, 4) is 0 Å². The van der Waals surface area contributed by atoms with E-state index < -0.39 is 29.7 Å². The van der Waals surface area contributed by atoms with Gasteiger partial charge in [0.2, 0.25) is 0 Å². The minimum absolute atomic E-state index is 0.209. The zero-order valence-electron chi connectivity index (χ0n) is 14.7. The van der Waals surface area contributed by atoms with E-state index in [1.807, 2.05) is 42.5 Å². The normalized spacial score (nSPS) is 12.9. The lowest BCUT2D eigenvalue weighted by atomic mass is 10.0. The minimum atomic E-state index is -0.702. The molecule has 3 aromatic rings. The van der Waals surface area contributed by atoms with Crippen molar-refractivity contribution in [1.29, 1.82) is 0 Å². The second kappa shape index (κ2) is 8.40. The maximum absolute atomic E-state index is 13.9. The number of rotatable bonds is 5. The smallest absolute Gasteiger partial charge is 0.316 e. The minimum Gasteiger partial charge on any atom is -0.332 e. The third-order valence-corrected chi connectivity index (χ3v) is 4.17. The standard InChI is InChI=1S/C21H19F2N3O/c1-14(17-11-10-16(22)13-18(17)23)25-21(27)26-20(15-7-3-2-4-8-15)19-9-5-6-12-24-19/h2-14,20H,1H3,(H2,25,26,27). The van der Waals surface area contributed by atoms with Crippen molar-refractivity contribution >= 4 is 6.03 Å². The highest BCUT2D eigenvalue weighted by Gasteiger charge is 2.20. The molecule has 138 valence electrons. The van der Waals surface area contributed by atoms with E-state index >= 15 is 0 Å². The summed E-state index contributed by atoms with van der Waals surface area (Å²) in [5.41, 5.74) is 1.76. The van der Waals surface area contributed by atoms with Crippen LogP contribution in [0, 0.1) is 11.6 Å². The maximum Gasteiger partial charge on any atom is 0.316 e. The fourth-order valence-electron chi connectivity index (χ4n) is 2.82. The number of amides is 2. The van der Waals surface area contributed by atoms with Crippen LogP contribution in [0.1, 0.15) is 35.8 Å². The van der Waals surface area contributed by atoms with Crippen LogP contribution in [0.3, 0.4) is 0 Å². The fourth-order valence-corrected chi connectivity index (χ4v) is 2.82. The van der Waals surface area contributed by atoms with Gasteiger partial charge in [0, 0.05) is 17.8 Å². The van der Waals surface area contributed by atoms with E-state index in [0.717, 1.165) is 17.7 Å². The number of nitrogens with one attached hydrogen (secondary N) is 2. The van der Waals surface area contributed by atoms with Gasteiger partial charge in [0.1, 0.15) is 11.6 Å². The first-order valence-corrected chi connectivity index (χ1v) is 8.52. The Kier molecular flexibility index (Phi) is 5.76. The van der Waals surface area contributed by atoms with Gasteiger partial charge in [0.25, 0.3) is 0 Å². The van der Waals surface area contributed by atoms with Gasteiger partial charge in [0.05, 0.1) is 17.8 Å². The molecule has 0 aliphatic rings. The van der Waals surface area contributed by atoms with Gasteiger partial charge in [-0.3, -0.25) is 4.98 Å². The van der Waals surface area contributed by atoms with E-state index in [1.54, 1.807) is 19.2 Å². The number of nitrogens with zero attached hydrogens (tertiary/aromatic N) is 1. The van der Waals surface area contributed by atoms with E-state index in [2.05, 4.69) is 15.6 Å². The van der Waals surface area contributed by atoms with E-state index in [1.165, 1.54) is 6.07 Å². The molecule has 0 radical (unpaired) electrons. The molecule has 6 heteroatoms. The Morgan fingerprint density at radius 2 is 1.70 bits per heavy atom. The van der Waals surface area contributed by atoms with Gasteiger partial charge >= 0.3 is 6.03 Å². The molecule has 0 fully saturated rings. The molecule has 0 saturated carbocycles. The monoisotopic (exact) mass is 367 g/mol. The predicted molar refractivity (Wildman–Crippen MR) is 99.0 cm³/mol. The number of urea groups is 1. The van der Waals surface area contributed by atoms with Crippen molar-refractivity contribution in [3.63, 3.8) is 0 Å². The molecule has 2 N–H and O–H groups in total. The molecule has 2 atom stereocenters. The summed E-state index contributed by atoms with van der Waals surface area (Å²) >= 11 is 0. The van der Waals surface area contributed by atoms with Gasteiger partial charge in [-0.25, -0.2) is 13.6 Å². The number of hydrogen-bond acceptors (Lipinski definition) is 2.